The van der Waals surface area contributed by atoms with Gasteiger partial charge in [-0.3, -0.25) is 9.69 Å². The molecule has 1 heterocycles. The minimum absolute atomic E-state index is 0.205. The maximum Gasteiger partial charge on any atom is 0.326 e. The van der Waals surface area contributed by atoms with Crippen molar-refractivity contribution in [1.29, 1.82) is 0 Å². The van der Waals surface area contributed by atoms with Gasteiger partial charge in [-0.2, -0.15) is 0 Å². The molecule has 0 aromatic heterocycles. The van der Waals surface area contributed by atoms with Crippen molar-refractivity contribution in [2.24, 2.45) is 5.92 Å². The number of hydrogen-bond donors (Lipinski definition) is 3. The zero-order chi connectivity index (χ0) is 18.6. The van der Waals surface area contributed by atoms with E-state index in [1.54, 1.807) is 19.1 Å². The number of methoxy groups -OCH3 is 1. The molecule has 1 saturated heterocycles. The lowest BCUT2D eigenvalue weighted by Crippen LogP contribution is -2.45. The van der Waals surface area contributed by atoms with Gasteiger partial charge in [-0.1, -0.05) is 20.3 Å². The molecule has 2 rings (SSSR count). The molecule has 0 saturated carbocycles. The highest BCUT2D eigenvalue weighted by Crippen LogP contribution is 2.30. The fourth-order valence-electron chi connectivity index (χ4n) is 2.65. The third-order valence-electron chi connectivity index (χ3n) is 4.35. The highest BCUT2D eigenvalue weighted by atomic mass is 16.5. The van der Waals surface area contributed by atoms with Gasteiger partial charge < -0.3 is 20.5 Å². The van der Waals surface area contributed by atoms with Crippen LogP contribution in [0.2, 0.25) is 0 Å². The van der Waals surface area contributed by atoms with E-state index in [-0.39, 0.29) is 17.5 Å². The van der Waals surface area contributed by atoms with E-state index in [1.165, 1.54) is 18.1 Å². The average molecular weight is 349 g/mol. The molecule has 25 heavy (non-hydrogen) atoms. The Bertz CT molecular complexity index is 676. The topological polar surface area (TPSA) is 108 Å². The monoisotopic (exact) mass is 349 g/mol. The Morgan fingerprint density at radius 1 is 1.44 bits per heavy atom. The summed E-state index contributed by atoms with van der Waals surface area (Å²) in [6, 6.07) is 3.43. The normalized spacial score (nSPS) is 16.1. The number of nitrogens with zero attached hydrogens (tertiary/aromatic N) is 1. The Morgan fingerprint density at radius 2 is 2.16 bits per heavy atom. The van der Waals surface area contributed by atoms with Crippen molar-refractivity contribution in [1.82, 2.24) is 10.6 Å². The second-order valence-electron chi connectivity index (χ2n) is 5.95. The van der Waals surface area contributed by atoms with Crippen LogP contribution in [0.1, 0.15) is 30.6 Å². The smallest absolute Gasteiger partial charge is 0.326 e. The number of amides is 3. The maximum absolute atomic E-state index is 12.5. The average Bonchev–Trinajstić information content (AvgIpc) is 3.03. The molecule has 1 aromatic rings. The Balaban J connectivity index is 2.28. The highest BCUT2D eigenvalue weighted by molar-refractivity contribution is 6.00. The van der Waals surface area contributed by atoms with Gasteiger partial charge in [-0.15, -0.1) is 0 Å². The van der Waals surface area contributed by atoms with Crippen LogP contribution in [0.25, 0.3) is 0 Å². The molecule has 1 aliphatic rings. The van der Waals surface area contributed by atoms with Crippen molar-refractivity contribution >= 4 is 23.6 Å². The molecule has 136 valence electrons. The second-order valence-corrected chi connectivity index (χ2v) is 5.95. The van der Waals surface area contributed by atoms with Crippen molar-refractivity contribution in [2.75, 3.05) is 25.1 Å². The Labute approximate surface area is 146 Å². The first-order valence-electron chi connectivity index (χ1n) is 8.16. The van der Waals surface area contributed by atoms with Crippen LogP contribution in [0.15, 0.2) is 18.2 Å². The number of anilines is 1. The van der Waals surface area contributed by atoms with E-state index in [2.05, 4.69) is 10.6 Å². The molecule has 3 amide bonds. The lowest BCUT2D eigenvalue weighted by molar-refractivity contribution is -0.140. The van der Waals surface area contributed by atoms with Crippen molar-refractivity contribution in [3.8, 4) is 5.75 Å². The summed E-state index contributed by atoms with van der Waals surface area (Å²) in [6.45, 7) is 4.61. The van der Waals surface area contributed by atoms with E-state index in [9.17, 15) is 19.5 Å². The summed E-state index contributed by atoms with van der Waals surface area (Å²) in [5.41, 5.74) is 0.741. The number of urea groups is 1. The van der Waals surface area contributed by atoms with Crippen LogP contribution >= 0.6 is 0 Å². The summed E-state index contributed by atoms with van der Waals surface area (Å²) in [7, 11) is 1.48. The lowest BCUT2D eigenvalue weighted by atomic mass is 9.99. The Kier molecular flexibility index (Phi) is 5.84. The predicted molar refractivity (Wildman–Crippen MR) is 92.1 cm³/mol. The number of ether oxygens (including phenoxy) is 1. The summed E-state index contributed by atoms with van der Waals surface area (Å²) in [4.78, 5) is 37.3. The Morgan fingerprint density at radius 3 is 2.68 bits per heavy atom. The minimum Gasteiger partial charge on any atom is -0.495 e. The standard InChI is InChI=1S/C17H23N3O5/c1-4-10(2)14(16(22)23)19-15(21)11-5-6-13(25-3)12(9-11)20-8-7-18-17(20)24/h5-6,9-10,14H,4,7-8H2,1-3H3,(H,18,24)(H,19,21)(H,22,23)/t10-,14-/m0/s1. The van der Waals surface area contributed by atoms with Crippen LogP contribution in [0.4, 0.5) is 10.5 Å². The molecule has 0 unspecified atom stereocenters. The summed E-state index contributed by atoms with van der Waals surface area (Å²) in [6.07, 6.45) is 0.624. The number of carboxylic acids is 1. The van der Waals surface area contributed by atoms with Gasteiger partial charge in [0, 0.05) is 18.7 Å². The van der Waals surface area contributed by atoms with Crippen LogP contribution in [-0.2, 0) is 4.79 Å². The first kappa shape index (κ1) is 18.6. The number of hydrogen-bond acceptors (Lipinski definition) is 4. The molecule has 1 aromatic carbocycles. The van der Waals surface area contributed by atoms with Crippen molar-refractivity contribution in [2.45, 2.75) is 26.3 Å². The van der Waals surface area contributed by atoms with Gasteiger partial charge in [-0.25, -0.2) is 9.59 Å². The number of benzene rings is 1. The molecule has 2 atom stereocenters. The van der Waals surface area contributed by atoms with E-state index in [4.69, 9.17) is 4.74 Å². The minimum atomic E-state index is -1.07. The lowest BCUT2D eigenvalue weighted by Gasteiger charge is -2.21. The number of nitrogens with one attached hydrogen (secondary N) is 2. The molecule has 0 bridgehead atoms. The van der Waals surface area contributed by atoms with Gasteiger partial charge in [0.2, 0.25) is 0 Å². The molecule has 0 spiro atoms. The molecule has 0 aliphatic carbocycles. The van der Waals surface area contributed by atoms with Gasteiger partial charge in [0.1, 0.15) is 11.8 Å². The van der Waals surface area contributed by atoms with Crippen LogP contribution in [0.3, 0.4) is 0 Å². The summed E-state index contributed by atoms with van der Waals surface area (Å²) in [5, 5.41) is 14.6. The van der Waals surface area contributed by atoms with Gasteiger partial charge in [0.25, 0.3) is 5.91 Å². The van der Waals surface area contributed by atoms with Crippen LogP contribution in [0.5, 0.6) is 5.75 Å². The van der Waals surface area contributed by atoms with Gasteiger partial charge in [0.05, 0.1) is 12.8 Å². The molecule has 3 N–H and O–H groups in total. The molecule has 8 heteroatoms. The molecule has 1 aliphatic heterocycles. The first-order valence-corrected chi connectivity index (χ1v) is 8.16. The third-order valence-corrected chi connectivity index (χ3v) is 4.35. The van der Waals surface area contributed by atoms with Gasteiger partial charge in [0.15, 0.2) is 0 Å². The molecule has 8 nitrogen and oxygen atoms in total. The van der Waals surface area contributed by atoms with E-state index >= 15 is 0 Å². The fourth-order valence-corrected chi connectivity index (χ4v) is 2.65. The van der Waals surface area contributed by atoms with Gasteiger partial charge >= 0.3 is 12.0 Å². The van der Waals surface area contributed by atoms with Crippen molar-refractivity contribution in [3.05, 3.63) is 23.8 Å². The maximum atomic E-state index is 12.5. The van der Waals surface area contributed by atoms with Gasteiger partial charge in [-0.05, 0) is 24.1 Å². The van der Waals surface area contributed by atoms with Crippen LogP contribution in [-0.4, -0.2) is 49.3 Å². The number of aliphatic carboxylic acids is 1. The molecule has 1 fully saturated rings. The summed E-state index contributed by atoms with van der Waals surface area (Å²) >= 11 is 0. The number of carbonyl (C=O) groups excluding carboxylic acids is 2. The highest BCUT2D eigenvalue weighted by Gasteiger charge is 2.28. The predicted octanol–water partition coefficient (Wildman–Crippen LogP) is 1.45. The zero-order valence-electron chi connectivity index (χ0n) is 14.5. The van der Waals surface area contributed by atoms with E-state index in [1.807, 2.05) is 6.92 Å². The third kappa shape index (κ3) is 4.01. The second kappa shape index (κ2) is 7.87. The zero-order valence-corrected chi connectivity index (χ0v) is 14.5. The molecule has 0 radical (unpaired) electrons. The molecular weight excluding hydrogens is 326 g/mol. The first-order chi connectivity index (χ1) is 11.9. The van der Waals surface area contributed by atoms with E-state index < -0.39 is 17.9 Å². The quantitative estimate of drug-likeness (QED) is 0.690. The van der Waals surface area contributed by atoms with Crippen LogP contribution in [0, 0.1) is 5.92 Å². The van der Waals surface area contributed by atoms with Crippen molar-refractivity contribution < 1.29 is 24.2 Å². The van der Waals surface area contributed by atoms with Crippen molar-refractivity contribution in [3.63, 3.8) is 0 Å². The fraction of sp³-hybridized carbons (Fsp3) is 0.471. The number of carbonyl (C=O) groups is 3. The summed E-state index contributed by atoms with van der Waals surface area (Å²) < 4.78 is 5.27. The number of carboxylic acid groups (broad SMARTS) is 1. The Hall–Kier alpha value is -2.77. The SMILES string of the molecule is CC[C@H](C)[C@H](NC(=O)c1ccc(OC)c(N2CCNC2=O)c1)C(=O)O. The number of rotatable bonds is 7. The molecular formula is C17H23N3O5. The largest absolute Gasteiger partial charge is 0.495 e. The van der Waals surface area contributed by atoms with Crippen LogP contribution < -0.4 is 20.3 Å². The van der Waals surface area contributed by atoms with E-state index in [0.29, 0.717) is 30.9 Å². The van der Waals surface area contributed by atoms with E-state index in [0.717, 1.165) is 0 Å². The summed E-state index contributed by atoms with van der Waals surface area (Å²) in [5.74, 6) is -1.32.